The Morgan fingerprint density at radius 1 is 1.50 bits per heavy atom. The molecule has 0 aliphatic heterocycles. The van der Waals surface area contributed by atoms with Gasteiger partial charge in [0.25, 0.3) is 0 Å². The molecule has 0 aliphatic rings. The van der Waals surface area contributed by atoms with Crippen LogP contribution in [-0.4, -0.2) is 24.5 Å². The van der Waals surface area contributed by atoms with Crippen molar-refractivity contribution in [1.82, 2.24) is 14.3 Å². The van der Waals surface area contributed by atoms with Crippen LogP contribution in [0.5, 0.6) is 0 Å². The van der Waals surface area contributed by atoms with E-state index in [1.54, 1.807) is 18.6 Å². The fraction of sp³-hybridized carbons (Fsp3) is 0.364. The lowest BCUT2D eigenvalue weighted by molar-refractivity contribution is 0.569. The molecule has 0 radical (unpaired) electrons. The first-order valence-corrected chi connectivity index (χ1v) is 9.06. The molecule has 2 heterocycles. The summed E-state index contributed by atoms with van der Waals surface area (Å²) in [7, 11) is -3.49. The largest absolute Gasteiger partial charge is 0.337 e. The molecule has 0 bridgehead atoms. The minimum Gasteiger partial charge on any atom is -0.337 e. The summed E-state index contributed by atoms with van der Waals surface area (Å²) in [4.78, 5) is 5.01. The second-order valence-corrected chi connectivity index (χ2v) is 8.30. The minimum absolute atomic E-state index is 0.255. The number of halogens is 1. The Balaban J connectivity index is 1.91. The lowest BCUT2D eigenvalue weighted by Crippen LogP contribution is -2.25. The first-order valence-electron chi connectivity index (χ1n) is 5.96. The van der Waals surface area contributed by atoms with Gasteiger partial charge >= 0.3 is 0 Å². The van der Waals surface area contributed by atoms with Crippen LogP contribution in [-0.2, 0) is 23.1 Å². The number of aryl methyl sites for hydroxylation is 1. The van der Waals surface area contributed by atoms with Gasteiger partial charge in [0, 0.05) is 36.9 Å². The van der Waals surface area contributed by atoms with Crippen LogP contribution in [0.25, 0.3) is 0 Å². The molecule has 0 saturated heterocycles. The maximum absolute atomic E-state index is 12.1. The summed E-state index contributed by atoms with van der Waals surface area (Å²) in [6, 6.07) is 1.60. The highest BCUT2D eigenvalue weighted by Crippen LogP contribution is 2.31. The van der Waals surface area contributed by atoms with E-state index in [1.165, 1.54) is 11.3 Å². The summed E-state index contributed by atoms with van der Waals surface area (Å²) >= 11 is 4.60. The third kappa shape index (κ3) is 3.89. The molecule has 2 rings (SSSR count). The van der Waals surface area contributed by atoms with Gasteiger partial charge in [0.15, 0.2) is 0 Å². The van der Waals surface area contributed by atoms with E-state index < -0.39 is 10.0 Å². The van der Waals surface area contributed by atoms with Crippen molar-refractivity contribution in [3.05, 3.63) is 33.5 Å². The number of nitrogens with one attached hydrogen (secondary N) is 1. The third-order valence-corrected chi connectivity index (χ3v) is 6.38. The van der Waals surface area contributed by atoms with Gasteiger partial charge in [-0.25, -0.2) is 18.1 Å². The molecule has 6 nitrogen and oxygen atoms in total. The fourth-order valence-electron chi connectivity index (χ4n) is 1.65. The molecule has 0 atom stereocenters. The van der Waals surface area contributed by atoms with Gasteiger partial charge in [0.05, 0.1) is 10.1 Å². The number of aromatic nitrogens is 2. The number of hydrogen-bond acceptors (Lipinski definition) is 5. The number of rotatable bonds is 7. The van der Waals surface area contributed by atoms with Crippen LogP contribution in [0.4, 0.5) is 0 Å². The molecule has 0 fully saturated rings. The fourth-order valence-corrected chi connectivity index (χ4v) is 5.28. The van der Waals surface area contributed by atoms with Gasteiger partial charge in [0.2, 0.25) is 10.0 Å². The predicted octanol–water partition coefficient (Wildman–Crippen LogP) is 1.53. The molecule has 0 aromatic carbocycles. The predicted molar refractivity (Wildman–Crippen MR) is 81.9 cm³/mol. The molecule has 9 heteroatoms. The summed E-state index contributed by atoms with van der Waals surface area (Å²) in [5, 5.41) is 0. The Morgan fingerprint density at radius 2 is 2.30 bits per heavy atom. The monoisotopic (exact) mass is 378 g/mol. The van der Waals surface area contributed by atoms with Crippen LogP contribution in [0.15, 0.2) is 33.5 Å². The van der Waals surface area contributed by atoms with Gasteiger partial charge in [-0.2, -0.15) is 0 Å². The zero-order chi connectivity index (χ0) is 14.6. The Kier molecular flexibility index (Phi) is 5.33. The Bertz CT molecular complexity index is 652. The molecule has 0 unspecified atom stereocenters. The van der Waals surface area contributed by atoms with E-state index >= 15 is 0 Å². The Morgan fingerprint density at radius 3 is 2.90 bits per heavy atom. The maximum atomic E-state index is 12.1. The Labute approximate surface area is 130 Å². The van der Waals surface area contributed by atoms with Crippen LogP contribution in [0.1, 0.15) is 11.3 Å². The average Bonchev–Trinajstić information content (AvgIpc) is 3.04. The summed E-state index contributed by atoms with van der Waals surface area (Å²) < 4.78 is 29.4. The van der Waals surface area contributed by atoms with Crippen molar-refractivity contribution in [2.45, 2.75) is 24.4 Å². The first kappa shape index (κ1) is 15.6. The lowest BCUT2D eigenvalue weighted by atomic mass is 10.4. The van der Waals surface area contributed by atoms with Crippen molar-refractivity contribution in [3.63, 3.8) is 0 Å². The number of imidazole rings is 1. The van der Waals surface area contributed by atoms with E-state index in [2.05, 4.69) is 25.6 Å². The summed E-state index contributed by atoms with van der Waals surface area (Å²) in [6.45, 7) is 1.43. The van der Waals surface area contributed by atoms with Crippen molar-refractivity contribution >= 4 is 37.3 Å². The summed E-state index contributed by atoms with van der Waals surface area (Å²) in [6.07, 6.45) is 5.94. The zero-order valence-corrected chi connectivity index (χ0v) is 13.8. The van der Waals surface area contributed by atoms with Crippen LogP contribution in [0, 0.1) is 0 Å². The zero-order valence-electron chi connectivity index (χ0n) is 10.6. The second-order valence-electron chi connectivity index (χ2n) is 4.11. The summed E-state index contributed by atoms with van der Waals surface area (Å²) in [5.41, 5.74) is 5.52. The van der Waals surface area contributed by atoms with Gasteiger partial charge in [-0.15, -0.1) is 11.3 Å². The number of nitrogens with zero attached hydrogens (tertiary/aromatic N) is 2. The molecule has 0 aliphatic carbocycles. The molecule has 110 valence electrons. The van der Waals surface area contributed by atoms with E-state index in [-0.39, 0.29) is 4.90 Å². The molecule has 2 aromatic rings. The molecule has 0 spiro atoms. The van der Waals surface area contributed by atoms with Gasteiger partial charge in [-0.05, 0) is 28.4 Å². The van der Waals surface area contributed by atoms with Gasteiger partial charge < -0.3 is 10.3 Å². The second kappa shape index (κ2) is 6.81. The third-order valence-electron chi connectivity index (χ3n) is 2.64. The molecule has 0 amide bonds. The van der Waals surface area contributed by atoms with Gasteiger partial charge in [0.1, 0.15) is 4.90 Å². The van der Waals surface area contributed by atoms with Crippen LogP contribution in [0.2, 0.25) is 0 Å². The topological polar surface area (TPSA) is 90.0 Å². The SMILES string of the molecule is NCc1cc(S(=O)(=O)NCCCn2ccnc2)c(Br)s1. The molecule has 3 N–H and O–H groups in total. The van der Waals surface area contributed by atoms with E-state index in [0.717, 1.165) is 11.4 Å². The number of hydrogen-bond donors (Lipinski definition) is 2. The van der Waals surface area contributed by atoms with E-state index in [1.807, 2.05) is 10.8 Å². The highest BCUT2D eigenvalue weighted by Gasteiger charge is 2.19. The van der Waals surface area contributed by atoms with E-state index in [9.17, 15) is 8.42 Å². The van der Waals surface area contributed by atoms with E-state index in [4.69, 9.17) is 5.73 Å². The molecule has 2 aromatic heterocycles. The highest BCUT2D eigenvalue weighted by molar-refractivity contribution is 9.11. The summed E-state index contributed by atoms with van der Waals surface area (Å²) in [5.74, 6) is 0. The Hall–Kier alpha value is -0.740. The number of nitrogens with two attached hydrogens (primary N) is 1. The van der Waals surface area contributed by atoms with Crippen molar-refractivity contribution < 1.29 is 8.42 Å². The average molecular weight is 379 g/mol. The lowest BCUT2D eigenvalue weighted by Gasteiger charge is -2.06. The number of thiophene rings is 1. The first-order chi connectivity index (χ1) is 9.53. The highest BCUT2D eigenvalue weighted by atomic mass is 79.9. The van der Waals surface area contributed by atoms with Crippen molar-refractivity contribution in [1.29, 1.82) is 0 Å². The van der Waals surface area contributed by atoms with Gasteiger partial charge in [-0.3, -0.25) is 0 Å². The molecule has 20 heavy (non-hydrogen) atoms. The minimum atomic E-state index is -3.49. The number of sulfonamides is 1. The standard InChI is InChI=1S/C11H15BrN4O2S2/c12-11-10(6-9(7-13)19-11)20(17,18)15-2-1-4-16-5-3-14-8-16/h3,5-6,8,15H,1-2,4,7,13H2. The van der Waals surface area contributed by atoms with E-state index in [0.29, 0.717) is 23.3 Å². The van der Waals surface area contributed by atoms with Crippen molar-refractivity contribution in [3.8, 4) is 0 Å². The van der Waals surface area contributed by atoms with Crippen LogP contribution >= 0.6 is 27.3 Å². The van der Waals surface area contributed by atoms with Gasteiger partial charge in [-0.1, -0.05) is 0 Å². The molecule has 0 saturated carbocycles. The van der Waals surface area contributed by atoms with Crippen LogP contribution in [0.3, 0.4) is 0 Å². The molecular formula is C11H15BrN4O2S2. The van der Waals surface area contributed by atoms with Crippen LogP contribution < -0.4 is 10.5 Å². The quantitative estimate of drug-likeness (QED) is 0.714. The van der Waals surface area contributed by atoms with Crippen molar-refractivity contribution in [2.75, 3.05) is 6.54 Å². The maximum Gasteiger partial charge on any atom is 0.242 e. The van der Waals surface area contributed by atoms with Crippen molar-refractivity contribution in [2.24, 2.45) is 5.73 Å². The smallest absolute Gasteiger partial charge is 0.242 e. The molecular weight excluding hydrogens is 364 g/mol. The normalized spacial score (nSPS) is 11.9.